The number of benzene rings is 1. The number of halogens is 1. The molecule has 1 aromatic carbocycles. The van der Waals surface area contributed by atoms with E-state index in [2.05, 4.69) is 4.84 Å². The highest BCUT2D eigenvalue weighted by Crippen LogP contribution is 2.24. The summed E-state index contributed by atoms with van der Waals surface area (Å²) in [5.41, 5.74) is 2.53. The van der Waals surface area contributed by atoms with Gasteiger partial charge in [-0.1, -0.05) is 17.7 Å². The molecule has 0 atom stereocenters. The standard InChI is InChI=1S/C9H10ClNO4/c1-14-8-3-2-6(4-7(8)10)5-15-11-9(12)13/h2-4,11H,5H2,1H3,(H,12,13). The van der Waals surface area contributed by atoms with Crippen molar-refractivity contribution in [1.82, 2.24) is 5.48 Å². The fourth-order valence-corrected chi connectivity index (χ4v) is 1.26. The number of hydroxylamine groups is 1. The number of hydrogen-bond donors (Lipinski definition) is 2. The Morgan fingerprint density at radius 1 is 1.60 bits per heavy atom. The lowest BCUT2D eigenvalue weighted by atomic mass is 10.2. The Hall–Kier alpha value is -1.46. The predicted octanol–water partition coefficient (Wildman–Crippen LogP) is 2.05. The maximum absolute atomic E-state index is 10.1. The number of hydrogen-bond acceptors (Lipinski definition) is 3. The van der Waals surface area contributed by atoms with Crippen LogP contribution >= 0.6 is 11.6 Å². The maximum atomic E-state index is 10.1. The van der Waals surface area contributed by atoms with E-state index in [9.17, 15) is 4.79 Å². The fraction of sp³-hybridized carbons (Fsp3) is 0.222. The molecule has 2 N–H and O–H groups in total. The average Bonchev–Trinajstić information content (AvgIpc) is 2.17. The molecule has 0 fully saturated rings. The van der Waals surface area contributed by atoms with Crippen molar-refractivity contribution in [2.24, 2.45) is 0 Å². The smallest absolute Gasteiger partial charge is 0.428 e. The number of methoxy groups -OCH3 is 1. The van der Waals surface area contributed by atoms with Crippen LogP contribution in [0.4, 0.5) is 4.79 Å². The fourth-order valence-electron chi connectivity index (χ4n) is 0.981. The molecule has 0 saturated heterocycles. The lowest BCUT2D eigenvalue weighted by molar-refractivity contribution is 0.0314. The van der Waals surface area contributed by atoms with Gasteiger partial charge >= 0.3 is 6.09 Å². The van der Waals surface area contributed by atoms with E-state index in [-0.39, 0.29) is 6.61 Å². The Bertz CT molecular complexity index is 356. The summed E-state index contributed by atoms with van der Waals surface area (Å²) >= 11 is 5.85. The molecule has 0 bridgehead atoms. The number of ether oxygens (including phenoxy) is 1. The zero-order chi connectivity index (χ0) is 11.3. The van der Waals surface area contributed by atoms with E-state index < -0.39 is 6.09 Å². The molecular formula is C9H10ClNO4. The second kappa shape index (κ2) is 5.43. The summed E-state index contributed by atoms with van der Waals surface area (Å²) in [4.78, 5) is 14.7. The summed E-state index contributed by atoms with van der Waals surface area (Å²) in [7, 11) is 1.52. The third-order valence-electron chi connectivity index (χ3n) is 1.61. The van der Waals surface area contributed by atoms with E-state index in [1.807, 2.05) is 0 Å². The molecule has 6 heteroatoms. The van der Waals surface area contributed by atoms with E-state index in [0.717, 1.165) is 5.56 Å². The van der Waals surface area contributed by atoms with Crippen LogP contribution in [0.2, 0.25) is 5.02 Å². The van der Waals surface area contributed by atoms with Crippen molar-refractivity contribution in [3.05, 3.63) is 28.8 Å². The van der Waals surface area contributed by atoms with Crippen LogP contribution in [0.1, 0.15) is 5.56 Å². The van der Waals surface area contributed by atoms with Crippen molar-refractivity contribution >= 4 is 17.7 Å². The van der Waals surface area contributed by atoms with Gasteiger partial charge in [-0.15, -0.1) is 0 Å². The van der Waals surface area contributed by atoms with E-state index >= 15 is 0 Å². The van der Waals surface area contributed by atoms with Crippen LogP contribution in [0.25, 0.3) is 0 Å². The van der Waals surface area contributed by atoms with E-state index in [4.69, 9.17) is 21.4 Å². The van der Waals surface area contributed by atoms with Gasteiger partial charge in [-0.25, -0.2) is 4.79 Å². The van der Waals surface area contributed by atoms with Crippen LogP contribution in [0.3, 0.4) is 0 Å². The molecule has 0 saturated carbocycles. The van der Waals surface area contributed by atoms with Gasteiger partial charge in [0.15, 0.2) is 0 Å². The predicted molar refractivity (Wildman–Crippen MR) is 54.0 cm³/mol. The quantitative estimate of drug-likeness (QED) is 0.779. The average molecular weight is 232 g/mol. The molecule has 1 rings (SSSR count). The van der Waals surface area contributed by atoms with Crippen molar-refractivity contribution in [3.63, 3.8) is 0 Å². The van der Waals surface area contributed by atoms with Crippen LogP contribution < -0.4 is 10.2 Å². The van der Waals surface area contributed by atoms with Crippen molar-refractivity contribution in [2.75, 3.05) is 7.11 Å². The van der Waals surface area contributed by atoms with Crippen LogP contribution in [0, 0.1) is 0 Å². The number of nitrogens with one attached hydrogen (secondary N) is 1. The minimum Gasteiger partial charge on any atom is -0.495 e. The largest absolute Gasteiger partial charge is 0.495 e. The molecule has 82 valence electrons. The minimum atomic E-state index is -1.24. The topological polar surface area (TPSA) is 67.8 Å². The molecule has 0 aromatic heterocycles. The van der Waals surface area contributed by atoms with Crippen LogP contribution in [-0.4, -0.2) is 18.3 Å². The molecule has 0 spiro atoms. The highest BCUT2D eigenvalue weighted by molar-refractivity contribution is 6.32. The molecule has 0 aliphatic heterocycles. The minimum absolute atomic E-state index is 0.107. The lowest BCUT2D eigenvalue weighted by Crippen LogP contribution is -2.20. The first-order valence-corrected chi connectivity index (χ1v) is 4.44. The van der Waals surface area contributed by atoms with Gasteiger partial charge in [0.2, 0.25) is 0 Å². The molecule has 5 nitrogen and oxygen atoms in total. The monoisotopic (exact) mass is 231 g/mol. The Morgan fingerprint density at radius 3 is 2.87 bits per heavy atom. The Kier molecular flexibility index (Phi) is 4.20. The highest BCUT2D eigenvalue weighted by atomic mass is 35.5. The third-order valence-corrected chi connectivity index (χ3v) is 1.91. The van der Waals surface area contributed by atoms with Gasteiger partial charge in [-0.3, -0.25) is 4.84 Å². The normalized spacial score (nSPS) is 9.73. The summed E-state index contributed by atoms with van der Waals surface area (Å²) in [5, 5.41) is 8.70. The zero-order valence-electron chi connectivity index (χ0n) is 7.99. The van der Waals surface area contributed by atoms with Crippen LogP contribution in [-0.2, 0) is 11.4 Å². The van der Waals surface area contributed by atoms with Crippen molar-refractivity contribution in [3.8, 4) is 5.75 Å². The van der Waals surface area contributed by atoms with Gasteiger partial charge < -0.3 is 9.84 Å². The molecule has 0 heterocycles. The van der Waals surface area contributed by atoms with Gasteiger partial charge in [-0.05, 0) is 17.7 Å². The summed E-state index contributed by atoms with van der Waals surface area (Å²) < 4.78 is 4.96. The lowest BCUT2D eigenvalue weighted by Gasteiger charge is -2.06. The van der Waals surface area contributed by atoms with Crippen molar-refractivity contribution in [1.29, 1.82) is 0 Å². The number of carboxylic acid groups (broad SMARTS) is 1. The second-order valence-corrected chi connectivity index (χ2v) is 3.07. The SMILES string of the molecule is COc1ccc(CONC(=O)O)cc1Cl. The van der Waals surface area contributed by atoms with E-state index in [0.29, 0.717) is 10.8 Å². The Labute approximate surface area is 91.5 Å². The van der Waals surface area contributed by atoms with Crippen molar-refractivity contribution in [2.45, 2.75) is 6.61 Å². The van der Waals surface area contributed by atoms with Crippen LogP contribution in [0.15, 0.2) is 18.2 Å². The Morgan fingerprint density at radius 2 is 2.33 bits per heavy atom. The molecule has 1 amide bonds. The summed E-state index contributed by atoms with van der Waals surface area (Å²) in [6.07, 6.45) is -1.24. The number of carbonyl (C=O) groups is 1. The first kappa shape index (κ1) is 11.6. The molecular weight excluding hydrogens is 222 g/mol. The first-order valence-electron chi connectivity index (χ1n) is 4.06. The first-order chi connectivity index (χ1) is 7.13. The molecule has 0 radical (unpaired) electrons. The molecule has 0 aliphatic rings. The molecule has 0 aliphatic carbocycles. The van der Waals surface area contributed by atoms with Gasteiger partial charge in [0.1, 0.15) is 5.75 Å². The van der Waals surface area contributed by atoms with Gasteiger partial charge in [-0.2, -0.15) is 5.48 Å². The second-order valence-electron chi connectivity index (χ2n) is 2.66. The number of amides is 1. The van der Waals surface area contributed by atoms with Gasteiger partial charge in [0.05, 0.1) is 18.7 Å². The third kappa shape index (κ3) is 3.65. The molecule has 1 aromatic rings. The summed E-state index contributed by atoms with van der Waals surface area (Å²) in [6, 6.07) is 5.06. The van der Waals surface area contributed by atoms with E-state index in [1.165, 1.54) is 7.11 Å². The summed E-state index contributed by atoms with van der Waals surface area (Å²) in [5.74, 6) is 0.562. The van der Waals surface area contributed by atoms with Crippen molar-refractivity contribution < 1.29 is 19.5 Å². The highest BCUT2D eigenvalue weighted by Gasteiger charge is 2.02. The summed E-state index contributed by atoms with van der Waals surface area (Å²) in [6.45, 7) is 0.107. The Balaban J connectivity index is 2.55. The van der Waals surface area contributed by atoms with Gasteiger partial charge in [0.25, 0.3) is 0 Å². The number of rotatable bonds is 4. The van der Waals surface area contributed by atoms with Crippen LogP contribution in [0.5, 0.6) is 5.75 Å². The zero-order valence-corrected chi connectivity index (χ0v) is 8.75. The molecule has 15 heavy (non-hydrogen) atoms. The van der Waals surface area contributed by atoms with E-state index in [1.54, 1.807) is 23.7 Å². The molecule has 0 unspecified atom stereocenters. The maximum Gasteiger partial charge on any atom is 0.428 e. The van der Waals surface area contributed by atoms with Gasteiger partial charge in [0, 0.05) is 0 Å².